The predicted octanol–water partition coefficient (Wildman–Crippen LogP) is 3.63. The largest absolute Gasteiger partial charge is 0.573 e. The molecule has 2 aromatic carbocycles. The van der Waals surface area contributed by atoms with Gasteiger partial charge >= 0.3 is 12.0 Å². The van der Waals surface area contributed by atoms with Crippen molar-refractivity contribution in [3.05, 3.63) is 69.5 Å². The summed E-state index contributed by atoms with van der Waals surface area (Å²) in [5, 5.41) is 14.3. The van der Waals surface area contributed by atoms with Crippen molar-refractivity contribution >= 4 is 5.69 Å². The monoisotopic (exact) mass is 399 g/mol. The summed E-state index contributed by atoms with van der Waals surface area (Å²) < 4.78 is 54.8. The molecule has 0 aliphatic carbocycles. The number of alkyl halides is 3. The van der Waals surface area contributed by atoms with E-state index in [-0.39, 0.29) is 5.75 Å². The number of hydrogen-bond acceptors (Lipinski definition) is 5. The zero-order chi connectivity index (χ0) is 20.3. The molecule has 3 rings (SSSR count). The van der Waals surface area contributed by atoms with Crippen LogP contribution in [0.5, 0.6) is 5.75 Å². The van der Waals surface area contributed by atoms with Gasteiger partial charge in [0.15, 0.2) is 0 Å². The van der Waals surface area contributed by atoms with Crippen molar-refractivity contribution in [2.24, 2.45) is 0 Å². The third-order valence-corrected chi connectivity index (χ3v) is 4.43. The van der Waals surface area contributed by atoms with E-state index in [1.165, 1.54) is 36.4 Å². The maximum absolute atomic E-state index is 13.8. The number of hydrogen-bond donors (Lipinski definition) is 1. The molecule has 0 spiro atoms. The van der Waals surface area contributed by atoms with Crippen LogP contribution in [0.2, 0.25) is 0 Å². The van der Waals surface area contributed by atoms with Crippen molar-refractivity contribution in [3.63, 3.8) is 0 Å². The van der Waals surface area contributed by atoms with Crippen LogP contribution in [0.4, 0.5) is 23.2 Å². The van der Waals surface area contributed by atoms with Crippen molar-refractivity contribution < 1.29 is 27.2 Å². The minimum Gasteiger partial charge on any atom is -0.406 e. The second-order valence-corrected chi connectivity index (χ2v) is 6.27. The average molecular weight is 399 g/mol. The van der Waals surface area contributed by atoms with Gasteiger partial charge in [-0.3, -0.25) is 15.0 Å². The second-order valence-electron chi connectivity index (χ2n) is 6.27. The minimum atomic E-state index is -4.79. The van der Waals surface area contributed by atoms with Crippen molar-refractivity contribution in [2.45, 2.75) is 12.4 Å². The molecule has 1 aliphatic heterocycles. The van der Waals surface area contributed by atoms with Crippen LogP contribution >= 0.6 is 0 Å². The Labute approximate surface area is 157 Å². The van der Waals surface area contributed by atoms with E-state index in [0.29, 0.717) is 37.3 Å². The Bertz CT molecular complexity index is 837. The molecular formula is C18H17F4N3O3. The van der Waals surface area contributed by atoms with Crippen molar-refractivity contribution in [1.82, 2.24) is 10.2 Å². The summed E-state index contributed by atoms with van der Waals surface area (Å²) in [6.07, 6.45) is -4.79. The fraction of sp³-hybridized carbons (Fsp3) is 0.333. The highest BCUT2D eigenvalue weighted by Gasteiger charge is 2.31. The van der Waals surface area contributed by atoms with Crippen LogP contribution in [0.15, 0.2) is 42.5 Å². The summed E-state index contributed by atoms with van der Waals surface area (Å²) in [7, 11) is 0. The van der Waals surface area contributed by atoms with Gasteiger partial charge in [-0.05, 0) is 29.3 Å². The van der Waals surface area contributed by atoms with E-state index in [9.17, 15) is 27.7 Å². The number of halogens is 4. The maximum Gasteiger partial charge on any atom is 0.573 e. The molecule has 0 radical (unpaired) electrons. The number of nitro groups is 1. The van der Waals surface area contributed by atoms with Gasteiger partial charge in [-0.2, -0.15) is 4.39 Å². The van der Waals surface area contributed by atoms with Crippen molar-refractivity contribution in [3.8, 4) is 5.75 Å². The summed E-state index contributed by atoms with van der Waals surface area (Å²) in [4.78, 5) is 12.3. The molecule has 1 aliphatic rings. The summed E-state index contributed by atoms with van der Waals surface area (Å²) in [5.41, 5.74) is 0.464. The first-order chi connectivity index (χ1) is 13.2. The van der Waals surface area contributed by atoms with E-state index < -0.39 is 28.8 Å². The molecule has 10 heteroatoms. The van der Waals surface area contributed by atoms with E-state index in [4.69, 9.17) is 0 Å². The first-order valence-electron chi connectivity index (χ1n) is 8.49. The van der Waals surface area contributed by atoms with Gasteiger partial charge in [-0.15, -0.1) is 13.2 Å². The van der Waals surface area contributed by atoms with Crippen molar-refractivity contribution in [2.75, 3.05) is 26.2 Å². The van der Waals surface area contributed by atoms with E-state index in [2.05, 4.69) is 10.1 Å². The lowest BCUT2D eigenvalue weighted by Crippen LogP contribution is -2.45. The van der Waals surface area contributed by atoms with E-state index in [0.717, 1.165) is 6.07 Å². The van der Waals surface area contributed by atoms with Crippen LogP contribution in [0.25, 0.3) is 0 Å². The molecule has 0 unspecified atom stereocenters. The van der Waals surface area contributed by atoms with Crippen LogP contribution in [-0.4, -0.2) is 42.4 Å². The number of benzene rings is 2. The smallest absolute Gasteiger partial charge is 0.406 e. The Morgan fingerprint density at radius 2 is 1.68 bits per heavy atom. The predicted molar refractivity (Wildman–Crippen MR) is 92.5 cm³/mol. The van der Waals surface area contributed by atoms with Gasteiger partial charge < -0.3 is 10.1 Å². The van der Waals surface area contributed by atoms with Crippen LogP contribution < -0.4 is 10.1 Å². The molecule has 1 saturated heterocycles. The Kier molecular flexibility index (Phi) is 5.80. The van der Waals surface area contributed by atoms with Gasteiger partial charge in [-0.1, -0.05) is 18.2 Å². The highest BCUT2D eigenvalue weighted by molar-refractivity contribution is 5.42. The van der Waals surface area contributed by atoms with Crippen LogP contribution in [-0.2, 0) is 0 Å². The third-order valence-electron chi connectivity index (χ3n) is 4.43. The summed E-state index contributed by atoms with van der Waals surface area (Å²) >= 11 is 0. The number of rotatable bonds is 5. The van der Waals surface area contributed by atoms with Crippen LogP contribution in [0.1, 0.15) is 17.2 Å². The van der Waals surface area contributed by atoms with E-state index >= 15 is 0 Å². The molecule has 1 heterocycles. The Morgan fingerprint density at radius 1 is 1.07 bits per heavy atom. The second kappa shape index (κ2) is 8.11. The quantitative estimate of drug-likeness (QED) is 0.473. The zero-order valence-corrected chi connectivity index (χ0v) is 14.6. The number of nitrogens with one attached hydrogen (secondary N) is 1. The highest BCUT2D eigenvalue weighted by Crippen LogP contribution is 2.33. The van der Waals surface area contributed by atoms with Gasteiger partial charge in [0.1, 0.15) is 5.75 Å². The van der Waals surface area contributed by atoms with Crippen LogP contribution in [0.3, 0.4) is 0 Å². The number of ether oxygens (including phenoxy) is 1. The van der Waals surface area contributed by atoms with Gasteiger partial charge in [-0.25, -0.2) is 0 Å². The summed E-state index contributed by atoms with van der Waals surface area (Å²) in [6, 6.07) is 8.51. The van der Waals surface area contributed by atoms with E-state index in [1.54, 1.807) is 0 Å². The molecule has 1 fully saturated rings. The Balaban J connectivity index is 1.98. The van der Waals surface area contributed by atoms with Crippen molar-refractivity contribution in [1.29, 1.82) is 0 Å². The van der Waals surface area contributed by atoms with Gasteiger partial charge in [0.2, 0.25) is 5.82 Å². The highest BCUT2D eigenvalue weighted by atomic mass is 19.4. The number of nitro benzene ring substituents is 1. The summed E-state index contributed by atoms with van der Waals surface area (Å²) in [5.74, 6) is -1.30. The number of piperazine rings is 1. The molecule has 0 amide bonds. The fourth-order valence-corrected chi connectivity index (χ4v) is 3.25. The molecule has 6 nitrogen and oxygen atoms in total. The molecular weight excluding hydrogens is 382 g/mol. The molecule has 1 atom stereocenters. The molecule has 1 N–H and O–H groups in total. The summed E-state index contributed by atoms with van der Waals surface area (Å²) in [6.45, 7) is 2.62. The Morgan fingerprint density at radius 3 is 2.25 bits per heavy atom. The molecule has 28 heavy (non-hydrogen) atoms. The maximum atomic E-state index is 13.8. The topological polar surface area (TPSA) is 67.6 Å². The average Bonchev–Trinajstić information content (AvgIpc) is 2.64. The normalized spacial score (nSPS) is 16.6. The molecule has 0 bridgehead atoms. The van der Waals surface area contributed by atoms with Gasteiger partial charge in [0.25, 0.3) is 0 Å². The molecule has 150 valence electrons. The zero-order valence-electron chi connectivity index (χ0n) is 14.6. The third kappa shape index (κ3) is 4.76. The number of nitrogens with zero attached hydrogens (tertiary/aromatic N) is 2. The SMILES string of the molecule is O=[N+]([O-])c1cc([C@H](c2ccc(OC(F)(F)F)cc2)N2CCNCC2)ccc1F. The lowest BCUT2D eigenvalue weighted by atomic mass is 9.95. The first-order valence-corrected chi connectivity index (χ1v) is 8.49. The Hall–Kier alpha value is -2.72. The fourth-order valence-electron chi connectivity index (χ4n) is 3.25. The molecule has 2 aromatic rings. The molecule has 0 aromatic heterocycles. The first kappa shape index (κ1) is 20.0. The lowest BCUT2D eigenvalue weighted by Gasteiger charge is -2.35. The standard InChI is InChI=1S/C18H17F4N3O3/c19-15-6-3-13(11-16(15)25(26)27)17(24-9-7-23-8-10-24)12-1-4-14(5-2-12)28-18(20,21)22/h1-6,11,17,23H,7-10H2/t17-/m0/s1. The van der Waals surface area contributed by atoms with E-state index in [1.807, 2.05) is 4.90 Å². The minimum absolute atomic E-state index is 0.361. The van der Waals surface area contributed by atoms with Gasteiger partial charge in [0, 0.05) is 32.2 Å². The molecule has 0 saturated carbocycles. The van der Waals surface area contributed by atoms with Gasteiger partial charge in [0.05, 0.1) is 11.0 Å². The lowest BCUT2D eigenvalue weighted by molar-refractivity contribution is -0.387. The van der Waals surface area contributed by atoms with Crippen LogP contribution in [0, 0.1) is 15.9 Å².